The van der Waals surface area contributed by atoms with Gasteiger partial charge in [0, 0.05) is 13.1 Å². The summed E-state index contributed by atoms with van der Waals surface area (Å²) in [5.74, 6) is 2.28. The van der Waals surface area contributed by atoms with Crippen molar-refractivity contribution >= 4 is 5.96 Å². The minimum absolute atomic E-state index is 0.274. The molecule has 1 aliphatic rings. The molecule has 0 radical (unpaired) electrons. The Morgan fingerprint density at radius 3 is 2.67 bits per heavy atom. The number of hydrogen-bond acceptors (Lipinski definition) is 4. The summed E-state index contributed by atoms with van der Waals surface area (Å²) in [6.45, 7) is 5.83. The highest BCUT2D eigenvalue weighted by atomic mass is 16.7. The van der Waals surface area contributed by atoms with Crippen molar-refractivity contribution in [3.05, 3.63) is 59.7 Å². The number of ether oxygens (including phenoxy) is 2. The van der Waals surface area contributed by atoms with Gasteiger partial charge in [-0.15, -0.1) is 0 Å². The summed E-state index contributed by atoms with van der Waals surface area (Å²) in [6, 6.07) is 15.6. The van der Waals surface area contributed by atoms with Gasteiger partial charge in [0.15, 0.2) is 17.5 Å². The van der Waals surface area contributed by atoms with Crippen LogP contribution in [-0.4, -0.2) is 37.5 Å². The Hall–Kier alpha value is -2.73. The van der Waals surface area contributed by atoms with Crippen molar-refractivity contribution in [3.63, 3.8) is 0 Å². The van der Waals surface area contributed by atoms with Crippen molar-refractivity contribution < 1.29 is 14.6 Å². The number of nitrogens with one attached hydrogen (secondary N) is 2. The molecule has 1 unspecified atom stereocenters. The Bertz CT molecular complexity index is 775. The number of aliphatic hydroxyl groups is 1. The lowest BCUT2D eigenvalue weighted by Crippen LogP contribution is -2.39. The highest BCUT2D eigenvalue weighted by Crippen LogP contribution is 2.32. The number of guanidine groups is 1. The minimum atomic E-state index is -1.01. The number of rotatable bonds is 7. The van der Waals surface area contributed by atoms with Crippen LogP contribution < -0.4 is 20.1 Å². The van der Waals surface area contributed by atoms with Gasteiger partial charge in [0.05, 0.1) is 6.54 Å². The highest BCUT2D eigenvalue weighted by molar-refractivity contribution is 5.79. The summed E-state index contributed by atoms with van der Waals surface area (Å²) in [7, 11) is 0. The van der Waals surface area contributed by atoms with Gasteiger partial charge in [-0.1, -0.05) is 36.4 Å². The Morgan fingerprint density at radius 1 is 1.11 bits per heavy atom. The molecule has 0 fully saturated rings. The van der Waals surface area contributed by atoms with E-state index in [1.54, 1.807) is 6.92 Å². The summed E-state index contributed by atoms with van der Waals surface area (Å²) >= 11 is 0. The molecular formula is C21H27N3O3. The fourth-order valence-corrected chi connectivity index (χ4v) is 2.88. The maximum absolute atomic E-state index is 10.7. The van der Waals surface area contributed by atoms with Crippen LogP contribution in [0.2, 0.25) is 0 Å². The van der Waals surface area contributed by atoms with E-state index in [1.165, 1.54) is 5.56 Å². The van der Waals surface area contributed by atoms with E-state index >= 15 is 0 Å². The normalized spacial score (nSPS) is 15.3. The Morgan fingerprint density at radius 2 is 1.89 bits per heavy atom. The van der Waals surface area contributed by atoms with Crippen LogP contribution in [0.25, 0.3) is 0 Å². The van der Waals surface area contributed by atoms with Gasteiger partial charge < -0.3 is 25.2 Å². The van der Waals surface area contributed by atoms with E-state index < -0.39 is 5.60 Å². The first kappa shape index (κ1) is 19.0. The van der Waals surface area contributed by atoms with Crippen LogP contribution in [0.3, 0.4) is 0 Å². The lowest BCUT2D eigenvalue weighted by atomic mass is 9.96. The summed E-state index contributed by atoms with van der Waals surface area (Å²) in [5, 5.41) is 17.2. The smallest absolute Gasteiger partial charge is 0.231 e. The second kappa shape index (κ2) is 8.77. The van der Waals surface area contributed by atoms with Crippen molar-refractivity contribution in [2.45, 2.75) is 25.9 Å². The molecule has 1 atom stereocenters. The zero-order valence-corrected chi connectivity index (χ0v) is 15.9. The fourth-order valence-electron chi connectivity index (χ4n) is 2.88. The number of fused-ring (bicyclic) bond motifs is 1. The van der Waals surface area contributed by atoms with Crippen LogP contribution >= 0.6 is 0 Å². The molecule has 6 nitrogen and oxygen atoms in total. The molecule has 0 aromatic heterocycles. The summed E-state index contributed by atoms with van der Waals surface area (Å²) in [4.78, 5) is 4.55. The quantitative estimate of drug-likeness (QED) is 0.516. The molecule has 0 bridgehead atoms. The molecule has 6 heteroatoms. The Balaban J connectivity index is 1.56. The highest BCUT2D eigenvalue weighted by Gasteiger charge is 2.22. The monoisotopic (exact) mass is 369 g/mol. The van der Waals surface area contributed by atoms with Crippen molar-refractivity contribution in [2.24, 2.45) is 4.99 Å². The summed E-state index contributed by atoms with van der Waals surface area (Å²) < 4.78 is 10.8. The molecule has 1 aliphatic heterocycles. The van der Waals surface area contributed by atoms with Crippen LogP contribution in [0.4, 0.5) is 0 Å². The van der Waals surface area contributed by atoms with Gasteiger partial charge in [-0.05, 0) is 43.5 Å². The van der Waals surface area contributed by atoms with Crippen molar-refractivity contribution in [1.82, 2.24) is 10.6 Å². The van der Waals surface area contributed by atoms with Crippen LogP contribution in [0.5, 0.6) is 11.5 Å². The van der Waals surface area contributed by atoms with Gasteiger partial charge >= 0.3 is 0 Å². The lowest BCUT2D eigenvalue weighted by Gasteiger charge is -2.22. The third-order valence-corrected chi connectivity index (χ3v) is 4.43. The average Bonchev–Trinajstić information content (AvgIpc) is 3.15. The van der Waals surface area contributed by atoms with Crippen molar-refractivity contribution in [2.75, 3.05) is 26.4 Å². The third-order valence-electron chi connectivity index (χ3n) is 4.43. The van der Waals surface area contributed by atoms with Crippen LogP contribution in [0, 0.1) is 0 Å². The topological polar surface area (TPSA) is 75.1 Å². The molecule has 0 aliphatic carbocycles. The SMILES string of the molecule is CCNC(=NCC(C)(O)c1ccccc1)NCCc1ccc2c(c1)OCO2. The van der Waals surface area contributed by atoms with E-state index in [9.17, 15) is 5.11 Å². The van der Waals surface area contributed by atoms with Crippen LogP contribution in [0.15, 0.2) is 53.5 Å². The van der Waals surface area contributed by atoms with Gasteiger partial charge in [0.2, 0.25) is 6.79 Å². The summed E-state index contributed by atoms with van der Waals surface area (Å²) in [6.07, 6.45) is 0.829. The van der Waals surface area contributed by atoms with E-state index in [1.807, 2.05) is 55.5 Å². The first-order valence-corrected chi connectivity index (χ1v) is 9.27. The molecule has 3 rings (SSSR count). The number of nitrogens with zero attached hydrogens (tertiary/aromatic N) is 1. The van der Waals surface area contributed by atoms with E-state index in [2.05, 4.69) is 15.6 Å². The molecule has 1 heterocycles. The zero-order chi connectivity index (χ0) is 19.1. The lowest BCUT2D eigenvalue weighted by molar-refractivity contribution is 0.0672. The van der Waals surface area contributed by atoms with Gasteiger partial charge in [0.25, 0.3) is 0 Å². The first-order valence-electron chi connectivity index (χ1n) is 9.27. The molecule has 0 saturated heterocycles. The molecule has 0 spiro atoms. The van der Waals surface area contributed by atoms with Crippen LogP contribution in [0.1, 0.15) is 25.0 Å². The molecule has 27 heavy (non-hydrogen) atoms. The molecule has 0 amide bonds. The second-order valence-electron chi connectivity index (χ2n) is 6.70. The third kappa shape index (κ3) is 5.14. The van der Waals surface area contributed by atoms with Gasteiger partial charge in [-0.3, -0.25) is 0 Å². The Labute approximate surface area is 160 Å². The zero-order valence-electron chi connectivity index (χ0n) is 15.9. The minimum Gasteiger partial charge on any atom is -0.454 e. The number of aliphatic imine (C=N–C) groups is 1. The molecule has 2 aromatic rings. The molecular weight excluding hydrogens is 342 g/mol. The molecule has 3 N–H and O–H groups in total. The van der Waals surface area contributed by atoms with Gasteiger partial charge in [0.1, 0.15) is 5.60 Å². The molecule has 144 valence electrons. The Kier molecular flexibility index (Phi) is 6.19. The largest absolute Gasteiger partial charge is 0.454 e. The van der Waals surface area contributed by atoms with Gasteiger partial charge in [-0.25, -0.2) is 4.99 Å². The van der Waals surface area contributed by atoms with Crippen molar-refractivity contribution in [1.29, 1.82) is 0 Å². The second-order valence-corrected chi connectivity index (χ2v) is 6.70. The average molecular weight is 369 g/mol. The van der Waals surface area contributed by atoms with Gasteiger partial charge in [-0.2, -0.15) is 0 Å². The molecule has 2 aromatic carbocycles. The predicted molar refractivity (Wildman–Crippen MR) is 106 cm³/mol. The standard InChI is InChI=1S/C21H27N3O3/c1-3-22-20(24-14-21(2,25)17-7-5-4-6-8-17)23-12-11-16-9-10-18-19(13-16)27-15-26-18/h4-10,13,25H,3,11-12,14-15H2,1-2H3,(H2,22,23,24). The summed E-state index contributed by atoms with van der Waals surface area (Å²) in [5.41, 5.74) is 1.00. The van der Waals surface area contributed by atoms with E-state index in [0.29, 0.717) is 5.96 Å². The molecule has 0 saturated carbocycles. The van der Waals surface area contributed by atoms with E-state index in [0.717, 1.165) is 36.6 Å². The van der Waals surface area contributed by atoms with E-state index in [-0.39, 0.29) is 13.3 Å². The van der Waals surface area contributed by atoms with Crippen molar-refractivity contribution in [3.8, 4) is 11.5 Å². The maximum atomic E-state index is 10.7. The van der Waals surface area contributed by atoms with E-state index in [4.69, 9.17) is 9.47 Å². The fraction of sp³-hybridized carbons (Fsp3) is 0.381. The first-order chi connectivity index (χ1) is 13.1. The number of benzene rings is 2. The number of hydrogen-bond donors (Lipinski definition) is 3. The van der Waals surface area contributed by atoms with Crippen LogP contribution in [-0.2, 0) is 12.0 Å². The maximum Gasteiger partial charge on any atom is 0.231 e. The predicted octanol–water partition coefficient (Wildman–Crippen LogP) is 2.42.